The van der Waals surface area contributed by atoms with Crippen molar-refractivity contribution in [2.75, 3.05) is 43.5 Å². The van der Waals surface area contributed by atoms with Crippen molar-refractivity contribution in [1.82, 2.24) is 25.1 Å². The molecule has 0 unspecified atom stereocenters. The van der Waals surface area contributed by atoms with E-state index in [4.69, 9.17) is 14.7 Å². The summed E-state index contributed by atoms with van der Waals surface area (Å²) in [5, 5.41) is 11.2. The molecule has 160 valence electrons. The number of anilines is 1. The third kappa shape index (κ3) is 5.11. The third-order valence-corrected chi connectivity index (χ3v) is 6.69. The number of nitrogens with zero attached hydrogens (tertiary/aromatic N) is 5. The molecule has 0 bridgehead atoms. The monoisotopic (exact) mass is 446 g/mol. The number of rotatable bonds is 9. The van der Waals surface area contributed by atoms with E-state index in [9.17, 15) is 4.79 Å². The van der Waals surface area contributed by atoms with Crippen LogP contribution in [0.4, 0.5) is 5.82 Å². The standard InChI is InChI=1S/C20H26N6O2S2/c1-2-11-30-20-23-18(25-7-9-28-10-8-25)16-14-22-26(19(16)24-20)6-5-21-17(27)13-15-4-3-12-29-15/h3-4,12,14H,2,5-11,13H2,1H3,(H,21,27). The van der Waals surface area contributed by atoms with Gasteiger partial charge in [0.15, 0.2) is 10.8 Å². The van der Waals surface area contributed by atoms with Gasteiger partial charge in [-0.05, 0) is 17.9 Å². The van der Waals surface area contributed by atoms with Crippen molar-refractivity contribution in [3.63, 3.8) is 0 Å². The first kappa shape index (κ1) is 21.1. The van der Waals surface area contributed by atoms with Gasteiger partial charge in [-0.3, -0.25) is 4.79 Å². The summed E-state index contributed by atoms with van der Waals surface area (Å²) in [6.07, 6.45) is 3.31. The van der Waals surface area contributed by atoms with Gasteiger partial charge in [0.1, 0.15) is 5.82 Å². The summed E-state index contributed by atoms with van der Waals surface area (Å²) in [5.74, 6) is 1.92. The van der Waals surface area contributed by atoms with Crippen LogP contribution in [0.3, 0.4) is 0 Å². The molecule has 0 spiro atoms. The van der Waals surface area contributed by atoms with Crippen LogP contribution in [-0.2, 0) is 22.5 Å². The first-order valence-electron chi connectivity index (χ1n) is 10.2. The molecule has 10 heteroatoms. The Balaban J connectivity index is 1.49. The van der Waals surface area contributed by atoms with Gasteiger partial charge in [0.25, 0.3) is 0 Å². The number of hydrogen-bond acceptors (Lipinski definition) is 8. The number of amides is 1. The molecule has 3 aromatic rings. The highest BCUT2D eigenvalue weighted by Gasteiger charge is 2.20. The SMILES string of the molecule is CCCSc1nc(N2CCOCC2)c2cnn(CCNC(=O)Cc3cccs3)c2n1. The molecule has 0 radical (unpaired) electrons. The number of thiophene rings is 1. The van der Waals surface area contributed by atoms with E-state index >= 15 is 0 Å². The maximum Gasteiger partial charge on any atom is 0.225 e. The largest absolute Gasteiger partial charge is 0.378 e. The fourth-order valence-electron chi connectivity index (χ4n) is 3.29. The second-order valence-corrected chi connectivity index (χ2v) is 9.08. The maximum absolute atomic E-state index is 12.2. The topological polar surface area (TPSA) is 85.2 Å². The number of ether oxygens (including phenoxy) is 1. The van der Waals surface area contributed by atoms with Crippen LogP contribution in [0.5, 0.6) is 0 Å². The molecule has 0 aromatic carbocycles. The number of carbonyl (C=O) groups excluding carboxylic acids is 1. The predicted octanol–water partition coefficient (Wildman–Crippen LogP) is 2.59. The van der Waals surface area contributed by atoms with E-state index in [0.29, 0.717) is 32.7 Å². The Bertz CT molecular complexity index is 969. The molecule has 0 saturated carbocycles. The highest BCUT2D eigenvalue weighted by molar-refractivity contribution is 7.99. The number of nitrogens with one attached hydrogen (secondary N) is 1. The van der Waals surface area contributed by atoms with Gasteiger partial charge in [0.05, 0.1) is 37.8 Å². The van der Waals surface area contributed by atoms with Crippen molar-refractivity contribution in [3.8, 4) is 0 Å². The summed E-state index contributed by atoms with van der Waals surface area (Å²) in [7, 11) is 0. The minimum Gasteiger partial charge on any atom is -0.378 e. The average Bonchev–Trinajstić information content (AvgIpc) is 3.42. The van der Waals surface area contributed by atoms with E-state index in [0.717, 1.165) is 52.1 Å². The van der Waals surface area contributed by atoms with Crippen molar-refractivity contribution in [2.24, 2.45) is 0 Å². The molecule has 1 aliphatic heterocycles. The lowest BCUT2D eigenvalue weighted by atomic mass is 10.3. The van der Waals surface area contributed by atoms with Crippen molar-refractivity contribution in [3.05, 3.63) is 28.6 Å². The average molecular weight is 447 g/mol. The third-order valence-electron chi connectivity index (χ3n) is 4.76. The molecule has 0 aliphatic carbocycles. The number of morpholine rings is 1. The molecule has 1 aliphatic rings. The maximum atomic E-state index is 12.2. The molecule has 1 saturated heterocycles. The lowest BCUT2D eigenvalue weighted by Gasteiger charge is -2.28. The van der Waals surface area contributed by atoms with Crippen molar-refractivity contribution < 1.29 is 9.53 Å². The van der Waals surface area contributed by atoms with Crippen LogP contribution in [0.1, 0.15) is 18.2 Å². The molecule has 1 N–H and O–H groups in total. The zero-order chi connectivity index (χ0) is 20.8. The van der Waals surface area contributed by atoms with E-state index in [1.807, 2.05) is 28.4 Å². The van der Waals surface area contributed by atoms with Gasteiger partial charge in [0, 0.05) is 30.3 Å². The molecule has 30 heavy (non-hydrogen) atoms. The van der Waals surface area contributed by atoms with Gasteiger partial charge in [-0.1, -0.05) is 24.8 Å². The normalized spacial score (nSPS) is 14.4. The zero-order valence-electron chi connectivity index (χ0n) is 17.0. The number of hydrogen-bond donors (Lipinski definition) is 1. The number of fused-ring (bicyclic) bond motifs is 1. The molecular formula is C20H26N6O2S2. The first-order chi connectivity index (χ1) is 14.7. The molecule has 1 fully saturated rings. The number of aromatic nitrogens is 4. The minimum absolute atomic E-state index is 0.0248. The van der Waals surface area contributed by atoms with Crippen LogP contribution in [0.25, 0.3) is 11.0 Å². The fraction of sp³-hybridized carbons (Fsp3) is 0.500. The van der Waals surface area contributed by atoms with E-state index in [1.165, 1.54) is 0 Å². The van der Waals surface area contributed by atoms with E-state index in [1.54, 1.807) is 23.1 Å². The summed E-state index contributed by atoms with van der Waals surface area (Å²) in [5.41, 5.74) is 0.817. The zero-order valence-corrected chi connectivity index (χ0v) is 18.7. The van der Waals surface area contributed by atoms with Crippen LogP contribution in [0.15, 0.2) is 28.9 Å². The van der Waals surface area contributed by atoms with Gasteiger partial charge in [-0.2, -0.15) is 5.10 Å². The van der Waals surface area contributed by atoms with E-state index < -0.39 is 0 Å². The summed E-state index contributed by atoms with van der Waals surface area (Å²) < 4.78 is 7.36. The van der Waals surface area contributed by atoms with Crippen LogP contribution in [-0.4, -0.2) is 64.3 Å². The van der Waals surface area contributed by atoms with Crippen LogP contribution < -0.4 is 10.2 Å². The highest BCUT2D eigenvalue weighted by Crippen LogP contribution is 2.28. The Labute approximate surface area is 184 Å². The van der Waals surface area contributed by atoms with E-state index in [-0.39, 0.29) is 5.91 Å². The Hall–Kier alpha value is -2.17. The molecule has 4 heterocycles. The Morgan fingerprint density at radius 3 is 2.97 bits per heavy atom. The quantitative estimate of drug-likeness (QED) is 0.399. The Kier molecular flexibility index (Phi) is 7.19. The van der Waals surface area contributed by atoms with Crippen molar-refractivity contribution >= 4 is 45.9 Å². The molecule has 0 atom stereocenters. The Morgan fingerprint density at radius 2 is 2.20 bits per heavy atom. The van der Waals surface area contributed by atoms with Gasteiger partial charge in [-0.15, -0.1) is 11.3 Å². The Morgan fingerprint density at radius 1 is 1.33 bits per heavy atom. The summed E-state index contributed by atoms with van der Waals surface area (Å²) in [4.78, 5) is 25.1. The van der Waals surface area contributed by atoms with Crippen LogP contribution in [0, 0.1) is 0 Å². The number of carbonyl (C=O) groups is 1. The second kappa shape index (κ2) is 10.2. The summed E-state index contributed by atoms with van der Waals surface area (Å²) in [6, 6.07) is 3.94. The molecule has 3 aromatic heterocycles. The van der Waals surface area contributed by atoms with Crippen LogP contribution >= 0.6 is 23.1 Å². The first-order valence-corrected chi connectivity index (χ1v) is 12.1. The predicted molar refractivity (Wildman–Crippen MR) is 120 cm³/mol. The van der Waals surface area contributed by atoms with Gasteiger partial charge < -0.3 is 15.0 Å². The van der Waals surface area contributed by atoms with Crippen molar-refractivity contribution in [2.45, 2.75) is 31.5 Å². The lowest BCUT2D eigenvalue weighted by molar-refractivity contribution is -0.120. The smallest absolute Gasteiger partial charge is 0.225 e. The van der Waals surface area contributed by atoms with Gasteiger partial charge >= 0.3 is 0 Å². The summed E-state index contributed by atoms with van der Waals surface area (Å²) in [6.45, 7) is 6.26. The van der Waals surface area contributed by atoms with E-state index in [2.05, 4.69) is 22.2 Å². The fourth-order valence-corrected chi connectivity index (χ4v) is 4.69. The van der Waals surface area contributed by atoms with Crippen molar-refractivity contribution in [1.29, 1.82) is 0 Å². The minimum atomic E-state index is 0.0248. The molecule has 1 amide bonds. The van der Waals surface area contributed by atoms with Gasteiger partial charge in [0.2, 0.25) is 5.91 Å². The van der Waals surface area contributed by atoms with Gasteiger partial charge in [-0.25, -0.2) is 14.6 Å². The molecular weight excluding hydrogens is 420 g/mol. The van der Waals surface area contributed by atoms with Crippen LogP contribution in [0.2, 0.25) is 0 Å². The summed E-state index contributed by atoms with van der Waals surface area (Å²) >= 11 is 3.26. The number of thioether (sulfide) groups is 1. The molecule has 4 rings (SSSR count). The lowest BCUT2D eigenvalue weighted by Crippen LogP contribution is -2.37. The second-order valence-electron chi connectivity index (χ2n) is 6.99. The highest BCUT2D eigenvalue weighted by atomic mass is 32.2. The molecule has 8 nitrogen and oxygen atoms in total.